The minimum absolute atomic E-state index is 0.374. The van der Waals surface area contributed by atoms with Crippen molar-refractivity contribution >= 4 is 10.0 Å². The number of benzene rings is 1. The van der Waals surface area contributed by atoms with Crippen LogP contribution in [-0.2, 0) is 16.6 Å². The lowest BCUT2D eigenvalue weighted by Crippen LogP contribution is -2.33. The van der Waals surface area contributed by atoms with Gasteiger partial charge in [-0.2, -0.15) is 4.31 Å². The third-order valence-corrected chi connectivity index (χ3v) is 5.31. The van der Waals surface area contributed by atoms with Gasteiger partial charge < -0.3 is 5.73 Å². The van der Waals surface area contributed by atoms with Crippen LogP contribution in [0.15, 0.2) is 29.2 Å². The second kappa shape index (κ2) is 6.03. The SMILES string of the molecule is CCCN(CC1CC1)S(=O)(=O)c1ccc(CN)cc1. The molecule has 19 heavy (non-hydrogen) atoms. The maximum absolute atomic E-state index is 12.6. The van der Waals surface area contributed by atoms with E-state index in [0.29, 0.717) is 30.4 Å². The van der Waals surface area contributed by atoms with Gasteiger partial charge in [0.25, 0.3) is 0 Å². The van der Waals surface area contributed by atoms with E-state index in [2.05, 4.69) is 0 Å². The van der Waals surface area contributed by atoms with Gasteiger partial charge in [-0.1, -0.05) is 19.1 Å². The molecule has 4 nitrogen and oxygen atoms in total. The van der Waals surface area contributed by atoms with Crippen LogP contribution in [0, 0.1) is 5.92 Å². The summed E-state index contributed by atoms with van der Waals surface area (Å²) in [5.74, 6) is 0.560. The number of sulfonamides is 1. The molecule has 0 amide bonds. The van der Waals surface area contributed by atoms with E-state index in [-0.39, 0.29) is 0 Å². The molecular formula is C14H22N2O2S. The summed E-state index contributed by atoms with van der Waals surface area (Å²) in [5.41, 5.74) is 6.48. The van der Waals surface area contributed by atoms with Crippen LogP contribution in [0.4, 0.5) is 0 Å². The molecule has 1 aliphatic carbocycles. The van der Waals surface area contributed by atoms with E-state index in [1.54, 1.807) is 28.6 Å². The van der Waals surface area contributed by atoms with Gasteiger partial charge in [0.05, 0.1) is 4.90 Å². The highest BCUT2D eigenvalue weighted by atomic mass is 32.2. The van der Waals surface area contributed by atoms with Gasteiger partial charge in [0.2, 0.25) is 10.0 Å². The molecular weight excluding hydrogens is 260 g/mol. The first-order valence-electron chi connectivity index (χ1n) is 6.87. The van der Waals surface area contributed by atoms with Crippen molar-refractivity contribution < 1.29 is 8.42 Å². The standard InChI is InChI=1S/C14H22N2O2S/c1-2-9-16(11-13-3-4-13)19(17,18)14-7-5-12(10-15)6-8-14/h5-8,13H,2-4,9-11,15H2,1H3. The molecule has 1 aromatic rings. The largest absolute Gasteiger partial charge is 0.326 e. The molecule has 0 atom stereocenters. The van der Waals surface area contributed by atoms with E-state index in [9.17, 15) is 8.42 Å². The van der Waals surface area contributed by atoms with Gasteiger partial charge in [0.1, 0.15) is 0 Å². The third kappa shape index (κ3) is 3.55. The Morgan fingerprint density at radius 1 is 1.26 bits per heavy atom. The molecule has 0 bridgehead atoms. The van der Waals surface area contributed by atoms with Crippen LogP contribution in [0.5, 0.6) is 0 Å². The molecule has 1 saturated carbocycles. The molecule has 0 unspecified atom stereocenters. The monoisotopic (exact) mass is 282 g/mol. The van der Waals surface area contributed by atoms with Gasteiger partial charge >= 0.3 is 0 Å². The Bertz CT molecular complexity index is 507. The van der Waals surface area contributed by atoms with Gasteiger partial charge in [0.15, 0.2) is 0 Å². The maximum Gasteiger partial charge on any atom is 0.243 e. The van der Waals surface area contributed by atoms with E-state index in [4.69, 9.17) is 5.73 Å². The Hall–Kier alpha value is -0.910. The Kier molecular flexibility index (Phi) is 4.60. The van der Waals surface area contributed by atoms with Crippen molar-refractivity contribution in [3.05, 3.63) is 29.8 Å². The maximum atomic E-state index is 12.6. The summed E-state index contributed by atoms with van der Waals surface area (Å²) in [4.78, 5) is 0.374. The Morgan fingerprint density at radius 2 is 1.89 bits per heavy atom. The van der Waals surface area contributed by atoms with E-state index in [1.165, 1.54) is 0 Å². The molecule has 1 aromatic carbocycles. The van der Waals surface area contributed by atoms with Crippen LogP contribution in [0.2, 0.25) is 0 Å². The first kappa shape index (κ1) is 14.5. The summed E-state index contributed by atoms with van der Waals surface area (Å²) in [6, 6.07) is 6.89. The molecule has 2 rings (SSSR count). The topological polar surface area (TPSA) is 63.4 Å². The molecule has 2 N–H and O–H groups in total. The molecule has 0 aliphatic heterocycles. The fourth-order valence-corrected chi connectivity index (χ4v) is 3.70. The highest BCUT2D eigenvalue weighted by molar-refractivity contribution is 7.89. The summed E-state index contributed by atoms with van der Waals surface area (Å²) in [6.45, 7) is 3.69. The average molecular weight is 282 g/mol. The number of nitrogens with two attached hydrogens (primary N) is 1. The predicted molar refractivity (Wildman–Crippen MR) is 76.1 cm³/mol. The van der Waals surface area contributed by atoms with Crippen molar-refractivity contribution in [1.82, 2.24) is 4.31 Å². The lowest BCUT2D eigenvalue weighted by molar-refractivity contribution is 0.395. The molecule has 0 spiro atoms. The van der Waals surface area contributed by atoms with Gasteiger partial charge in [0, 0.05) is 19.6 Å². The number of rotatable bonds is 7. The molecule has 1 aliphatic rings. The first-order valence-corrected chi connectivity index (χ1v) is 8.31. The minimum Gasteiger partial charge on any atom is -0.326 e. The lowest BCUT2D eigenvalue weighted by Gasteiger charge is -2.21. The molecule has 1 fully saturated rings. The van der Waals surface area contributed by atoms with E-state index in [0.717, 1.165) is 24.8 Å². The van der Waals surface area contributed by atoms with E-state index >= 15 is 0 Å². The molecule has 106 valence electrons. The summed E-state index contributed by atoms with van der Waals surface area (Å²) >= 11 is 0. The minimum atomic E-state index is -3.35. The van der Waals surface area contributed by atoms with Crippen molar-refractivity contribution in [2.24, 2.45) is 11.7 Å². The summed E-state index contributed by atoms with van der Waals surface area (Å²) < 4.78 is 26.8. The highest BCUT2D eigenvalue weighted by Gasteiger charge is 2.30. The normalized spacial score (nSPS) is 15.9. The van der Waals surface area contributed by atoms with Gasteiger partial charge in [-0.05, 0) is 42.9 Å². The van der Waals surface area contributed by atoms with Crippen molar-refractivity contribution in [2.45, 2.75) is 37.6 Å². The summed E-state index contributed by atoms with van der Waals surface area (Å²) in [5, 5.41) is 0. The fraction of sp³-hybridized carbons (Fsp3) is 0.571. The first-order chi connectivity index (χ1) is 9.07. The van der Waals surface area contributed by atoms with E-state index in [1.807, 2.05) is 6.92 Å². The fourth-order valence-electron chi connectivity index (χ4n) is 2.09. The Labute approximate surface area is 115 Å². The third-order valence-electron chi connectivity index (χ3n) is 3.43. The van der Waals surface area contributed by atoms with Crippen LogP contribution in [0.25, 0.3) is 0 Å². The van der Waals surface area contributed by atoms with Crippen LogP contribution in [0.3, 0.4) is 0 Å². The summed E-state index contributed by atoms with van der Waals surface area (Å²) in [7, 11) is -3.35. The van der Waals surface area contributed by atoms with Crippen LogP contribution < -0.4 is 5.73 Å². The van der Waals surface area contributed by atoms with Crippen LogP contribution in [-0.4, -0.2) is 25.8 Å². The van der Waals surface area contributed by atoms with Gasteiger partial charge in [-0.3, -0.25) is 0 Å². The zero-order valence-electron chi connectivity index (χ0n) is 11.4. The van der Waals surface area contributed by atoms with Crippen LogP contribution in [0.1, 0.15) is 31.7 Å². The predicted octanol–water partition coefficient (Wildman–Crippen LogP) is 1.96. The summed E-state index contributed by atoms with van der Waals surface area (Å²) in [6.07, 6.45) is 3.15. The number of hydrogen-bond acceptors (Lipinski definition) is 3. The molecule has 0 radical (unpaired) electrons. The average Bonchev–Trinajstić information content (AvgIpc) is 3.22. The second-order valence-electron chi connectivity index (χ2n) is 5.15. The quantitative estimate of drug-likeness (QED) is 0.831. The molecule has 5 heteroatoms. The Morgan fingerprint density at radius 3 is 2.37 bits per heavy atom. The lowest BCUT2D eigenvalue weighted by atomic mass is 10.2. The van der Waals surface area contributed by atoms with Crippen LogP contribution >= 0.6 is 0 Å². The second-order valence-corrected chi connectivity index (χ2v) is 7.09. The zero-order chi connectivity index (χ0) is 13.9. The smallest absolute Gasteiger partial charge is 0.243 e. The molecule has 0 saturated heterocycles. The van der Waals surface area contributed by atoms with Crippen molar-refractivity contribution in [3.63, 3.8) is 0 Å². The zero-order valence-corrected chi connectivity index (χ0v) is 12.2. The Balaban J connectivity index is 2.20. The molecule has 0 heterocycles. The van der Waals surface area contributed by atoms with Gasteiger partial charge in [-0.25, -0.2) is 8.42 Å². The highest BCUT2D eigenvalue weighted by Crippen LogP contribution is 2.31. The van der Waals surface area contributed by atoms with E-state index < -0.39 is 10.0 Å². The number of hydrogen-bond donors (Lipinski definition) is 1. The number of nitrogens with zero attached hydrogens (tertiary/aromatic N) is 1. The van der Waals surface area contributed by atoms with Crippen molar-refractivity contribution in [2.75, 3.05) is 13.1 Å². The van der Waals surface area contributed by atoms with Crippen molar-refractivity contribution in [3.8, 4) is 0 Å². The molecule has 0 aromatic heterocycles. The van der Waals surface area contributed by atoms with Gasteiger partial charge in [-0.15, -0.1) is 0 Å². The van der Waals surface area contributed by atoms with Crippen molar-refractivity contribution in [1.29, 1.82) is 0 Å².